The fourth-order valence-electron chi connectivity index (χ4n) is 0.219. The van der Waals surface area contributed by atoms with Gasteiger partial charge in [-0.3, -0.25) is 0 Å². The SMILES string of the molecule is C1=C[Se]C=CO1. The molecule has 0 fully saturated rings. The predicted octanol–water partition coefficient (Wildman–Crippen LogP) is 0.663. The van der Waals surface area contributed by atoms with Crippen LogP contribution in [0.15, 0.2) is 22.5 Å². The van der Waals surface area contributed by atoms with Gasteiger partial charge in [0.2, 0.25) is 0 Å². The van der Waals surface area contributed by atoms with Crippen LogP contribution in [-0.4, -0.2) is 15.0 Å². The minimum absolute atomic E-state index is 0.568. The molecule has 0 atom stereocenters. The predicted molar refractivity (Wildman–Crippen MR) is 25.1 cm³/mol. The van der Waals surface area contributed by atoms with Gasteiger partial charge < -0.3 is 0 Å². The molecule has 0 aromatic carbocycles. The molecule has 6 heavy (non-hydrogen) atoms. The van der Waals surface area contributed by atoms with Gasteiger partial charge >= 0.3 is 42.2 Å². The van der Waals surface area contributed by atoms with Crippen LogP contribution in [0.4, 0.5) is 0 Å². The van der Waals surface area contributed by atoms with Crippen molar-refractivity contribution >= 4 is 15.0 Å². The fourth-order valence-corrected chi connectivity index (χ4v) is 0.948. The van der Waals surface area contributed by atoms with Crippen molar-refractivity contribution in [2.24, 2.45) is 0 Å². The van der Waals surface area contributed by atoms with E-state index in [-0.39, 0.29) is 0 Å². The summed E-state index contributed by atoms with van der Waals surface area (Å²) < 4.78 is 4.72. The van der Waals surface area contributed by atoms with Gasteiger partial charge in [-0.25, -0.2) is 0 Å². The van der Waals surface area contributed by atoms with E-state index in [1.54, 1.807) is 12.5 Å². The Morgan fingerprint density at radius 2 is 1.83 bits per heavy atom. The van der Waals surface area contributed by atoms with Crippen molar-refractivity contribution < 1.29 is 4.74 Å². The monoisotopic (exact) mass is 148 g/mol. The van der Waals surface area contributed by atoms with Crippen LogP contribution in [0.25, 0.3) is 0 Å². The average molecular weight is 147 g/mol. The Hall–Kier alpha value is -0.201. The maximum atomic E-state index is 4.72. The Labute approximate surface area is 42.8 Å². The molecule has 0 unspecified atom stereocenters. The van der Waals surface area contributed by atoms with Crippen molar-refractivity contribution in [2.75, 3.05) is 0 Å². The van der Waals surface area contributed by atoms with Gasteiger partial charge in [0.25, 0.3) is 0 Å². The minimum atomic E-state index is 0.568. The molecule has 32 valence electrons. The van der Waals surface area contributed by atoms with E-state index in [1.807, 2.05) is 9.95 Å². The van der Waals surface area contributed by atoms with Crippen molar-refractivity contribution in [1.29, 1.82) is 0 Å². The van der Waals surface area contributed by atoms with E-state index in [2.05, 4.69) is 0 Å². The van der Waals surface area contributed by atoms with E-state index in [4.69, 9.17) is 4.74 Å². The van der Waals surface area contributed by atoms with Gasteiger partial charge in [0, 0.05) is 0 Å². The molecule has 0 aromatic heterocycles. The van der Waals surface area contributed by atoms with E-state index < -0.39 is 0 Å². The molecule has 1 nitrogen and oxygen atoms in total. The summed E-state index contributed by atoms with van der Waals surface area (Å²) in [6.07, 6.45) is 3.42. The Morgan fingerprint density at radius 3 is 2.00 bits per heavy atom. The zero-order valence-corrected chi connectivity index (χ0v) is 4.84. The second kappa shape index (κ2) is 2.06. The van der Waals surface area contributed by atoms with E-state index in [0.29, 0.717) is 15.0 Å². The first kappa shape index (κ1) is 3.97. The number of hydrogen-bond donors (Lipinski definition) is 0. The second-order valence-corrected chi connectivity index (χ2v) is 2.53. The van der Waals surface area contributed by atoms with Crippen LogP contribution in [0.1, 0.15) is 0 Å². The van der Waals surface area contributed by atoms with Gasteiger partial charge in [-0.15, -0.1) is 0 Å². The molecule has 0 aromatic rings. The molecule has 1 rings (SSSR count). The van der Waals surface area contributed by atoms with Gasteiger partial charge in [0.1, 0.15) is 0 Å². The summed E-state index contributed by atoms with van der Waals surface area (Å²) in [7, 11) is 0. The quantitative estimate of drug-likeness (QED) is 0.457. The zero-order chi connectivity index (χ0) is 4.24. The van der Waals surface area contributed by atoms with Gasteiger partial charge in [-0.05, 0) is 0 Å². The van der Waals surface area contributed by atoms with Crippen molar-refractivity contribution in [2.45, 2.75) is 0 Å². The van der Waals surface area contributed by atoms with E-state index in [9.17, 15) is 0 Å². The number of hydrogen-bond acceptors (Lipinski definition) is 1. The normalized spacial score (nSPS) is 17.3. The van der Waals surface area contributed by atoms with E-state index in [0.717, 1.165) is 0 Å². The zero-order valence-electron chi connectivity index (χ0n) is 3.13. The summed E-state index contributed by atoms with van der Waals surface area (Å²) in [4.78, 5) is 4.04. The summed E-state index contributed by atoms with van der Waals surface area (Å²) in [6.45, 7) is 0. The standard InChI is InChI=1S/C4H4OSe/c1-3-6-4-2-5-1/h1-4H. The second-order valence-electron chi connectivity index (χ2n) is 0.816. The van der Waals surface area contributed by atoms with Gasteiger partial charge in [0.15, 0.2) is 0 Å². The first-order valence-electron chi connectivity index (χ1n) is 1.61. The van der Waals surface area contributed by atoms with Crippen molar-refractivity contribution in [1.82, 2.24) is 0 Å². The molecule has 0 amide bonds. The molecule has 0 aliphatic carbocycles. The summed E-state index contributed by atoms with van der Waals surface area (Å²) in [5, 5.41) is 0. The molecule has 0 spiro atoms. The van der Waals surface area contributed by atoms with Crippen LogP contribution in [0.5, 0.6) is 0 Å². The Morgan fingerprint density at radius 1 is 1.17 bits per heavy atom. The van der Waals surface area contributed by atoms with Crippen molar-refractivity contribution in [3.8, 4) is 0 Å². The molecule has 1 heterocycles. The van der Waals surface area contributed by atoms with Crippen LogP contribution >= 0.6 is 0 Å². The first-order chi connectivity index (χ1) is 3.00. The summed E-state index contributed by atoms with van der Waals surface area (Å²) in [6, 6.07) is 0. The molecule has 1 aliphatic rings. The average Bonchev–Trinajstić information content (AvgIpc) is 1.72. The molecule has 2 heteroatoms. The van der Waals surface area contributed by atoms with Crippen molar-refractivity contribution in [3.63, 3.8) is 0 Å². The van der Waals surface area contributed by atoms with Crippen LogP contribution in [-0.2, 0) is 4.74 Å². The third-order valence-corrected chi connectivity index (χ3v) is 1.55. The van der Waals surface area contributed by atoms with Crippen LogP contribution in [0.2, 0.25) is 0 Å². The van der Waals surface area contributed by atoms with Gasteiger partial charge in [-0.1, -0.05) is 0 Å². The molecular weight excluding hydrogens is 143 g/mol. The first-order valence-corrected chi connectivity index (χ1v) is 3.59. The van der Waals surface area contributed by atoms with E-state index >= 15 is 0 Å². The summed E-state index contributed by atoms with van der Waals surface area (Å²) in [5.41, 5.74) is 0. The molecule has 0 saturated heterocycles. The fraction of sp³-hybridized carbons (Fsp3) is 0. The Kier molecular flexibility index (Phi) is 1.36. The molecule has 0 saturated carbocycles. The van der Waals surface area contributed by atoms with Crippen molar-refractivity contribution in [3.05, 3.63) is 22.5 Å². The van der Waals surface area contributed by atoms with Crippen LogP contribution in [0, 0.1) is 0 Å². The molecule has 0 bridgehead atoms. The number of rotatable bonds is 0. The topological polar surface area (TPSA) is 9.23 Å². The van der Waals surface area contributed by atoms with Gasteiger partial charge in [-0.2, -0.15) is 0 Å². The third-order valence-electron chi connectivity index (χ3n) is 0.425. The van der Waals surface area contributed by atoms with Crippen LogP contribution in [0.3, 0.4) is 0 Å². The van der Waals surface area contributed by atoms with Gasteiger partial charge in [0.05, 0.1) is 0 Å². The Balaban J connectivity index is 2.40. The summed E-state index contributed by atoms with van der Waals surface area (Å²) in [5.74, 6) is 0. The maximum absolute atomic E-state index is 4.72. The molecule has 1 aliphatic heterocycles. The molecular formula is C4H4OSe. The third kappa shape index (κ3) is 0.885. The number of ether oxygens (including phenoxy) is 1. The van der Waals surface area contributed by atoms with Crippen LogP contribution < -0.4 is 0 Å². The molecule has 0 N–H and O–H groups in total. The Bertz CT molecular complexity index is 65.5. The summed E-state index contributed by atoms with van der Waals surface area (Å²) >= 11 is 0.568. The van der Waals surface area contributed by atoms with E-state index in [1.165, 1.54) is 0 Å². The molecule has 0 radical (unpaired) electrons.